The minimum Gasteiger partial charge on any atom is -0.381 e. The maximum Gasteiger partial charge on any atom is 0.318 e. The van der Waals surface area contributed by atoms with Crippen molar-refractivity contribution in [2.75, 3.05) is 50.2 Å². The van der Waals surface area contributed by atoms with E-state index < -0.39 is 14.6 Å². The van der Waals surface area contributed by atoms with Crippen molar-refractivity contribution in [3.05, 3.63) is 65.3 Å². The van der Waals surface area contributed by atoms with Crippen LogP contribution in [0.5, 0.6) is 0 Å². The molecule has 0 saturated carbocycles. The average Bonchev–Trinajstić information content (AvgIpc) is 2.98. The average molecular weight is 586 g/mol. The van der Waals surface area contributed by atoms with Gasteiger partial charge in [0, 0.05) is 49.1 Å². The molecule has 10 nitrogen and oxygen atoms in total. The summed E-state index contributed by atoms with van der Waals surface area (Å²) in [6.07, 6.45) is 0.503. The van der Waals surface area contributed by atoms with Gasteiger partial charge in [0.1, 0.15) is 10.6 Å². The second-order valence-electron chi connectivity index (χ2n) is 9.90. The van der Waals surface area contributed by atoms with E-state index >= 15 is 0 Å². The number of carbonyl (C=O) groups is 1. The molecule has 2 aliphatic heterocycles. The number of ether oxygens (including phenoxy) is 2. The van der Waals surface area contributed by atoms with Crippen molar-refractivity contribution in [1.82, 2.24) is 15.3 Å². The summed E-state index contributed by atoms with van der Waals surface area (Å²) in [5.41, 5.74) is 1.72. The fraction of sp³-hybridized carbons (Fsp3) is 0.393. The Labute approximate surface area is 239 Å². The quantitative estimate of drug-likeness (QED) is 0.440. The lowest BCUT2D eigenvalue weighted by Crippen LogP contribution is -2.45. The van der Waals surface area contributed by atoms with Crippen molar-refractivity contribution in [3.63, 3.8) is 0 Å². The molecule has 2 aromatic carbocycles. The highest BCUT2D eigenvalue weighted by Crippen LogP contribution is 2.44. The summed E-state index contributed by atoms with van der Waals surface area (Å²) < 4.78 is 38.7. The van der Waals surface area contributed by atoms with E-state index in [1.807, 2.05) is 6.07 Å². The lowest BCUT2D eigenvalue weighted by atomic mass is 9.94. The molecule has 212 valence electrons. The maximum atomic E-state index is 14.4. The fourth-order valence-corrected chi connectivity index (χ4v) is 7.27. The van der Waals surface area contributed by atoms with Gasteiger partial charge in [0.25, 0.3) is 0 Å². The molecule has 0 unspecified atom stereocenters. The summed E-state index contributed by atoms with van der Waals surface area (Å²) >= 11 is 6.08. The Morgan fingerprint density at radius 1 is 1.02 bits per heavy atom. The zero-order chi connectivity index (χ0) is 28.3. The number of nitrogens with zero attached hydrogens (tertiary/aromatic N) is 3. The fourth-order valence-electron chi connectivity index (χ4n) is 5.11. The van der Waals surface area contributed by atoms with Crippen LogP contribution in [0.25, 0.3) is 11.4 Å². The van der Waals surface area contributed by atoms with Crippen LogP contribution < -0.4 is 15.5 Å². The van der Waals surface area contributed by atoms with Crippen molar-refractivity contribution in [1.29, 1.82) is 0 Å². The second-order valence-corrected chi connectivity index (χ2v) is 12.6. The molecule has 1 atom stereocenters. The van der Waals surface area contributed by atoms with Crippen LogP contribution >= 0.6 is 11.6 Å². The van der Waals surface area contributed by atoms with E-state index in [1.165, 1.54) is 0 Å². The van der Waals surface area contributed by atoms with Crippen LogP contribution in [0.3, 0.4) is 0 Å². The number of morpholine rings is 1. The molecule has 0 aliphatic carbocycles. The van der Waals surface area contributed by atoms with Gasteiger partial charge in [-0.25, -0.2) is 23.2 Å². The molecule has 2 N–H and O–H groups in total. The molecule has 2 aliphatic rings. The predicted octanol–water partition coefficient (Wildman–Crippen LogP) is 4.25. The molecule has 0 bridgehead atoms. The third-order valence-corrected chi connectivity index (χ3v) is 10.2. The first-order valence-electron chi connectivity index (χ1n) is 13.1. The van der Waals surface area contributed by atoms with Crippen molar-refractivity contribution in [2.45, 2.75) is 35.4 Å². The van der Waals surface area contributed by atoms with Crippen LogP contribution in [0.2, 0.25) is 5.02 Å². The normalized spacial score (nSPS) is 19.2. The van der Waals surface area contributed by atoms with Crippen molar-refractivity contribution in [2.24, 2.45) is 0 Å². The molecule has 3 heterocycles. The highest BCUT2D eigenvalue weighted by molar-refractivity contribution is 7.92. The lowest BCUT2D eigenvalue weighted by Gasteiger charge is -2.38. The third-order valence-electron chi connectivity index (χ3n) is 7.41. The summed E-state index contributed by atoms with van der Waals surface area (Å²) in [6, 6.07) is 14.9. The van der Waals surface area contributed by atoms with Crippen molar-refractivity contribution >= 4 is 39.0 Å². The van der Waals surface area contributed by atoms with Crippen LogP contribution in [0, 0.1) is 0 Å². The van der Waals surface area contributed by atoms with Gasteiger partial charge in [-0.15, -0.1) is 0 Å². The summed E-state index contributed by atoms with van der Waals surface area (Å²) in [6.45, 7) is 4.32. The number of carbonyl (C=O) groups excluding carboxylic acids is 1. The highest BCUT2D eigenvalue weighted by atomic mass is 35.5. The minimum absolute atomic E-state index is 0.0435. The number of halogens is 1. The number of sulfone groups is 1. The molecule has 0 spiro atoms. The zero-order valence-corrected chi connectivity index (χ0v) is 24.0. The molecule has 0 radical (unpaired) electrons. The number of rotatable bonds is 6. The Hall–Kier alpha value is -3.25. The monoisotopic (exact) mass is 585 g/mol. The van der Waals surface area contributed by atoms with E-state index in [1.54, 1.807) is 55.6 Å². The number of aromatic nitrogens is 2. The highest BCUT2D eigenvalue weighted by Gasteiger charge is 2.49. The number of benzene rings is 2. The van der Waals surface area contributed by atoms with Gasteiger partial charge in [-0.05, 0) is 68.3 Å². The number of hydrogen-bond donors (Lipinski definition) is 2. The van der Waals surface area contributed by atoms with E-state index in [2.05, 4.69) is 22.5 Å². The Bertz CT molecular complexity index is 1460. The molecular weight excluding hydrogens is 554 g/mol. The lowest BCUT2D eigenvalue weighted by molar-refractivity contribution is 0.0729. The van der Waals surface area contributed by atoms with E-state index in [-0.39, 0.29) is 43.0 Å². The first-order valence-corrected chi connectivity index (χ1v) is 15.0. The van der Waals surface area contributed by atoms with Gasteiger partial charge in [0.15, 0.2) is 15.7 Å². The van der Waals surface area contributed by atoms with E-state index in [4.69, 9.17) is 31.0 Å². The Balaban J connectivity index is 1.66. The van der Waals surface area contributed by atoms with Crippen LogP contribution in [0.1, 0.15) is 25.5 Å². The van der Waals surface area contributed by atoms with Gasteiger partial charge >= 0.3 is 6.03 Å². The smallest absolute Gasteiger partial charge is 0.318 e. The molecule has 12 heteroatoms. The van der Waals surface area contributed by atoms with Gasteiger partial charge < -0.3 is 25.0 Å². The van der Waals surface area contributed by atoms with Crippen LogP contribution in [-0.4, -0.2) is 70.5 Å². The molecule has 2 fully saturated rings. The molecule has 1 aromatic heterocycles. The summed E-state index contributed by atoms with van der Waals surface area (Å²) in [7, 11) is -2.36. The number of amides is 2. The molecular formula is C28H32ClN5O5S. The van der Waals surface area contributed by atoms with Crippen molar-refractivity contribution in [3.8, 4) is 11.4 Å². The molecule has 5 rings (SSSR count). The number of nitrogens with one attached hydrogen (secondary N) is 2. The Morgan fingerprint density at radius 2 is 1.73 bits per heavy atom. The van der Waals surface area contributed by atoms with Crippen LogP contribution in [0.15, 0.2) is 59.5 Å². The van der Waals surface area contributed by atoms with Gasteiger partial charge in [0.05, 0.1) is 29.8 Å². The molecule has 2 amide bonds. The largest absolute Gasteiger partial charge is 0.381 e. The van der Waals surface area contributed by atoms with E-state index in [0.717, 1.165) is 0 Å². The van der Waals surface area contributed by atoms with Gasteiger partial charge in [-0.3, -0.25) is 0 Å². The van der Waals surface area contributed by atoms with Crippen LogP contribution in [-0.2, 0) is 24.1 Å². The van der Waals surface area contributed by atoms with E-state index in [9.17, 15) is 13.2 Å². The first-order chi connectivity index (χ1) is 19.2. The minimum atomic E-state index is -3.90. The number of anilines is 2. The number of hydrogen-bond acceptors (Lipinski definition) is 8. The predicted molar refractivity (Wildman–Crippen MR) is 154 cm³/mol. The molecule has 2 saturated heterocycles. The van der Waals surface area contributed by atoms with Gasteiger partial charge in [-0.1, -0.05) is 11.6 Å². The summed E-state index contributed by atoms with van der Waals surface area (Å²) in [5, 5.41) is 5.72. The standard InChI is InChI=1S/C28H32ClN5O5S/c1-19-18-39-16-13-34(19)25-17-24(32-26(33-25)20-3-7-22(8-4-20)31-27(35)30-2)28(11-14-38-15-12-28)40(36,37)23-9-5-21(29)6-10-23/h3-10,17,19H,11-16,18H2,1-2H3,(H2,30,31,35)/t19-/m0/s1. The second kappa shape index (κ2) is 11.7. The van der Waals surface area contributed by atoms with E-state index in [0.29, 0.717) is 53.4 Å². The van der Waals surface area contributed by atoms with Gasteiger partial charge in [0.2, 0.25) is 0 Å². The Kier molecular flexibility index (Phi) is 8.27. The zero-order valence-electron chi connectivity index (χ0n) is 22.4. The first kappa shape index (κ1) is 28.3. The van der Waals surface area contributed by atoms with Crippen molar-refractivity contribution < 1.29 is 22.7 Å². The SMILES string of the molecule is CNC(=O)Nc1ccc(-c2nc(N3CCOC[C@@H]3C)cc(C3(S(=O)(=O)c4ccc(Cl)cc4)CCOCC3)n2)cc1. The Morgan fingerprint density at radius 3 is 2.38 bits per heavy atom. The topological polar surface area (TPSA) is 123 Å². The third kappa shape index (κ3) is 5.51. The molecule has 3 aromatic rings. The summed E-state index contributed by atoms with van der Waals surface area (Å²) in [4.78, 5) is 23.8. The van der Waals surface area contributed by atoms with Crippen LogP contribution in [0.4, 0.5) is 16.3 Å². The maximum absolute atomic E-state index is 14.4. The molecule has 40 heavy (non-hydrogen) atoms. The number of urea groups is 1. The summed E-state index contributed by atoms with van der Waals surface area (Å²) in [5.74, 6) is 1.04. The van der Waals surface area contributed by atoms with Gasteiger partial charge in [-0.2, -0.15) is 0 Å².